The van der Waals surface area contributed by atoms with Gasteiger partial charge in [0.25, 0.3) is 5.91 Å². The first kappa shape index (κ1) is 15.1. The lowest BCUT2D eigenvalue weighted by Crippen LogP contribution is -2.23. The van der Waals surface area contributed by atoms with Gasteiger partial charge >= 0.3 is 5.97 Å². The Labute approximate surface area is 126 Å². The molecule has 0 unspecified atom stereocenters. The first-order valence-corrected chi connectivity index (χ1v) is 6.36. The number of nitriles is 1. The molecule has 1 aromatic heterocycles. The normalized spacial score (nSPS) is 10.8. The Balaban J connectivity index is 2.07. The summed E-state index contributed by atoms with van der Waals surface area (Å²) in [6.45, 7) is 0.183. The fourth-order valence-electron chi connectivity index (χ4n) is 1.71. The van der Waals surface area contributed by atoms with E-state index in [1.54, 1.807) is 12.1 Å². The molecule has 0 atom stereocenters. The van der Waals surface area contributed by atoms with E-state index in [0.717, 1.165) is 0 Å². The zero-order chi connectivity index (χ0) is 15.9. The lowest BCUT2D eigenvalue weighted by atomic mass is 10.1. The number of benzene rings is 1. The number of carboxylic acids is 1. The Kier molecular flexibility index (Phi) is 4.73. The SMILES string of the molecule is N#C/C(=C\c1ccc(C(=O)O)cc1)C(=O)NCc1ccco1. The highest BCUT2D eigenvalue weighted by Crippen LogP contribution is 2.10. The summed E-state index contributed by atoms with van der Waals surface area (Å²) >= 11 is 0. The van der Waals surface area contributed by atoms with E-state index in [-0.39, 0.29) is 17.7 Å². The monoisotopic (exact) mass is 296 g/mol. The maximum atomic E-state index is 11.9. The summed E-state index contributed by atoms with van der Waals surface area (Å²) in [7, 11) is 0. The van der Waals surface area contributed by atoms with Gasteiger partial charge in [-0.25, -0.2) is 4.79 Å². The molecule has 2 rings (SSSR count). The minimum atomic E-state index is -1.03. The van der Waals surface area contributed by atoms with Gasteiger partial charge in [0.15, 0.2) is 0 Å². The van der Waals surface area contributed by atoms with Crippen molar-refractivity contribution < 1.29 is 19.1 Å². The highest BCUT2D eigenvalue weighted by molar-refractivity contribution is 6.01. The van der Waals surface area contributed by atoms with E-state index in [1.807, 2.05) is 6.07 Å². The second kappa shape index (κ2) is 6.90. The van der Waals surface area contributed by atoms with Crippen molar-refractivity contribution in [3.8, 4) is 6.07 Å². The summed E-state index contributed by atoms with van der Waals surface area (Å²) in [5, 5.41) is 20.4. The fraction of sp³-hybridized carbons (Fsp3) is 0.0625. The van der Waals surface area contributed by atoms with Crippen molar-refractivity contribution >= 4 is 18.0 Å². The molecule has 0 bridgehead atoms. The molecule has 2 aromatic rings. The lowest BCUT2D eigenvalue weighted by molar-refractivity contribution is -0.117. The van der Waals surface area contributed by atoms with Crippen LogP contribution in [0, 0.1) is 11.3 Å². The maximum Gasteiger partial charge on any atom is 0.335 e. The number of hydrogen-bond acceptors (Lipinski definition) is 4. The molecule has 0 aliphatic rings. The van der Waals surface area contributed by atoms with Crippen LogP contribution in [-0.4, -0.2) is 17.0 Å². The van der Waals surface area contributed by atoms with Crippen molar-refractivity contribution in [2.75, 3.05) is 0 Å². The van der Waals surface area contributed by atoms with E-state index < -0.39 is 11.9 Å². The molecule has 22 heavy (non-hydrogen) atoms. The van der Waals surface area contributed by atoms with E-state index in [4.69, 9.17) is 14.8 Å². The predicted octanol–water partition coefficient (Wildman–Crippen LogP) is 2.20. The molecular formula is C16H12N2O4. The largest absolute Gasteiger partial charge is 0.478 e. The van der Waals surface area contributed by atoms with Crippen molar-refractivity contribution in [1.29, 1.82) is 5.26 Å². The Bertz CT molecular complexity index is 737. The fourth-order valence-corrected chi connectivity index (χ4v) is 1.71. The van der Waals surface area contributed by atoms with E-state index >= 15 is 0 Å². The molecule has 0 spiro atoms. The smallest absolute Gasteiger partial charge is 0.335 e. The van der Waals surface area contributed by atoms with Gasteiger partial charge in [0.2, 0.25) is 0 Å². The van der Waals surface area contributed by atoms with Crippen LogP contribution in [0.2, 0.25) is 0 Å². The standard InChI is InChI=1S/C16H12N2O4/c17-9-13(15(19)18-10-14-2-1-7-22-14)8-11-3-5-12(6-4-11)16(20)21/h1-8H,10H2,(H,18,19)(H,20,21)/b13-8+. The van der Waals surface area contributed by atoms with Crippen LogP contribution in [0.15, 0.2) is 52.7 Å². The highest BCUT2D eigenvalue weighted by atomic mass is 16.4. The van der Waals surface area contributed by atoms with Crippen molar-refractivity contribution in [3.63, 3.8) is 0 Å². The quantitative estimate of drug-likeness (QED) is 0.650. The second-order valence-electron chi connectivity index (χ2n) is 4.36. The average molecular weight is 296 g/mol. The first-order valence-electron chi connectivity index (χ1n) is 6.36. The van der Waals surface area contributed by atoms with Crippen molar-refractivity contribution in [3.05, 3.63) is 65.1 Å². The Morgan fingerprint density at radius 2 is 2.00 bits per heavy atom. The third-order valence-electron chi connectivity index (χ3n) is 2.84. The number of hydrogen-bond donors (Lipinski definition) is 2. The van der Waals surface area contributed by atoms with Crippen LogP contribution in [-0.2, 0) is 11.3 Å². The molecule has 1 heterocycles. The van der Waals surface area contributed by atoms with Gasteiger partial charge in [-0.3, -0.25) is 4.79 Å². The highest BCUT2D eigenvalue weighted by Gasteiger charge is 2.09. The molecule has 0 saturated heterocycles. The molecule has 0 radical (unpaired) electrons. The summed E-state index contributed by atoms with van der Waals surface area (Å²) in [6.07, 6.45) is 2.88. The van der Waals surface area contributed by atoms with Crippen molar-refractivity contribution in [2.24, 2.45) is 0 Å². The molecule has 0 aliphatic heterocycles. The molecule has 110 valence electrons. The number of nitrogens with zero attached hydrogens (tertiary/aromatic N) is 1. The van der Waals surface area contributed by atoms with Gasteiger partial charge in [-0.15, -0.1) is 0 Å². The van der Waals surface area contributed by atoms with Crippen LogP contribution >= 0.6 is 0 Å². The minimum Gasteiger partial charge on any atom is -0.478 e. The second-order valence-corrected chi connectivity index (χ2v) is 4.36. The number of furan rings is 1. The Hall–Kier alpha value is -3.33. The summed E-state index contributed by atoms with van der Waals surface area (Å²) in [4.78, 5) is 22.7. The summed E-state index contributed by atoms with van der Waals surface area (Å²) in [6, 6.07) is 11.1. The van der Waals surface area contributed by atoms with Crippen molar-refractivity contribution in [2.45, 2.75) is 6.54 Å². The van der Waals surface area contributed by atoms with Crippen LogP contribution in [0.3, 0.4) is 0 Å². The van der Waals surface area contributed by atoms with Gasteiger partial charge in [-0.2, -0.15) is 5.26 Å². The summed E-state index contributed by atoms with van der Waals surface area (Å²) < 4.78 is 5.08. The van der Waals surface area contributed by atoms with Gasteiger partial charge in [-0.05, 0) is 35.9 Å². The Morgan fingerprint density at radius 1 is 1.27 bits per heavy atom. The molecule has 6 heteroatoms. The van der Waals surface area contributed by atoms with E-state index in [1.165, 1.54) is 36.6 Å². The number of carbonyl (C=O) groups is 2. The molecule has 0 saturated carbocycles. The molecule has 1 aromatic carbocycles. The molecule has 0 aliphatic carbocycles. The van der Waals surface area contributed by atoms with Crippen LogP contribution < -0.4 is 5.32 Å². The number of nitrogens with one attached hydrogen (secondary N) is 1. The topological polar surface area (TPSA) is 103 Å². The number of amides is 1. The minimum absolute atomic E-state index is 0.0744. The number of carboxylic acid groups (broad SMARTS) is 1. The molecule has 0 fully saturated rings. The van der Waals surface area contributed by atoms with E-state index in [9.17, 15) is 9.59 Å². The first-order chi connectivity index (χ1) is 10.6. The van der Waals surface area contributed by atoms with Gasteiger partial charge in [0, 0.05) is 0 Å². The third-order valence-corrected chi connectivity index (χ3v) is 2.84. The maximum absolute atomic E-state index is 11.9. The van der Waals surface area contributed by atoms with E-state index in [0.29, 0.717) is 11.3 Å². The number of carbonyl (C=O) groups excluding carboxylic acids is 1. The molecular weight excluding hydrogens is 284 g/mol. The lowest BCUT2D eigenvalue weighted by Gasteiger charge is -2.02. The van der Waals surface area contributed by atoms with Crippen LogP contribution in [0.5, 0.6) is 0 Å². The van der Waals surface area contributed by atoms with Crippen LogP contribution in [0.25, 0.3) is 6.08 Å². The van der Waals surface area contributed by atoms with Gasteiger partial charge in [-0.1, -0.05) is 12.1 Å². The molecule has 2 N–H and O–H groups in total. The molecule has 6 nitrogen and oxygen atoms in total. The predicted molar refractivity (Wildman–Crippen MR) is 77.5 cm³/mol. The van der Waals surface area contributed by atoms with Crippen LogP contribution in [0.4, 0.5) is 0 Å². The van der Waals surface area contributed by atoms with Gasteiger partial charge < -0.3 is 14.8 Å². The Morgan fingerprint density at radius 3 is 2.55 bits per heavy atom. The van der Waals surface area contributed by atoms with Gasteiger partial charge in [0.05, 0.1) is 18.4 Å². The third kappa shape index (κ3) is 3.84. The summed E-state index contributed by atoms with van der Waals surface area (Å²) in [5.41, 5.74) is 0.627. The molecule has 1 amide bonds. The number of rotatable bonds is 5. The van der Waals surface area contributed by atoms with E-state index in [2.05, 4.69) is 5.32 Å². The van der Waals surface area contributed by atoms with Crippen LogP contribution in [0.1, 0.15) is 21.7 Å². The zero-order valence-corrected chi connectivity index (χ0v) is 11.4. The number of aromatic carboxylic acids is 1. The zero-order valence-electron chi connectivity index (χ0n) is 11.4. The van der Waals surface area contributed by atoms with Crippen molar-refractivity contribution in [1.82, 2.24) is 5.32 Å². The summed E-state index contributed by atoms with van der Waals surface area (Å²) in [5.74, 6) is -0.982. The van der Waals surface area contributed by atoms with Gasteiger partial charge in [0.1, 0.15) is 17.4 Å². The average Bonchev–Trinajstić information content (AvgIpc) is 3.04.